The molecule has 0 spiro atoms. The molecule has 0 saturated carbocycles. The number of hydrogen-bond donors (Lipinski definition) is 3. The van der Waals surface area contributed by atoms with E-state index in [1.54, 1.807) is 0 Å². The Bertz CT molecular complexity index is 137. The van der Waals surface area contributed by atoms with Crippen LogP contribution >= 0.6 is 12.6 Å². The van der Waals surface area contributed by atoms with Crippen LogP contribution in [-0.4, -0.2) is 11.1 Å². The first-order chi connectivity index (χ1) is 3.55. The molecule has 0 aliphatic heterocycles. The van der Waals surface area contributed by atoms with E-state index in [0.29, 0.717) is 0 Å². The summed E-state index contributed by atoms with van der Waals surface area (Å²) in [6, 6.07) is 0. The molecule has 0 fully saturated rings. The van der Waals surface area contributed by atoms with Crippen molar-refractivity contribution in [2.75, 3.05) is 0 Å². The van der Waals surface area contributed by atoms with Gasteiger partial charge in [0.15, 0.2) is 0 Å². The van der Waals surface area contributed by atoms with Crippen molar-refractivity contribution in [1.29, 1.82) is 0 Å². The zero-order valence-corrected chi connectivity index (χ0v) is 5.27. The van der Waals surface area contributed by atoms with Gasteiger partial charge < -0.3 is 10.8 Å². The first-order valence-electron chi connectivity index (χ1n) is 1.94. The Labute approximate surface area is 52.6 Å². The molecule has 0 heterocycles. The Morgan fingerprint density at radius 3 is 2.12 bits per heavy atom. The number of nitrogens with two attached hydrogens (primary N) is 1. The molecule has 4 heteroatoms. The summed E-state index contributed by atoms with van der Waals surface area (Å²) in [5, 5.41) is 8.14. The highest BCUT2D eigenvalue weighted by Crippen LogP contribution is 2.01. The highest BCUT2D eigenvalue weighted by atomic mass is 32.1. The quantitative estimate of drug-likeness (QED) is 0.353. The van der Waals surface area contributed by atoms with E-state index in [9.17, 15) is 4.79 Å². The molecule has 0 aliphatic carbocycles. The summed E-state index contributed by atoms with van der Waals surface area (Å²) in [4.78, 5) is 9.83. The fourth-order valence-electron chi connectivity index (χ4n) is 0.169. The zero-order chi connectivity index (χ0) is 6.73. The molecular weight excluding hydrogens is 126 g/mol. The summed E-state index contributed by atoms with van der Waals surface area (Å²) in [7, 11) is 0. The molecular formula is C4H7NO2S. The van der Waals surface area contributed by atoms with E-state index in [4.69, 9.17) is 10.8 Å². The van der Waals surface area contributed by atoms with Crippen LogP contribution < -0.4 is 5.73 Å². The summed E-state index contributed by atoms with van der Waals surface area (Å²) in [6.45, 7) is 1.48. The number of carboxylic acids is 1. The smallest absolute Gasteiger partial charge is 0.343 e. The van der Waals surface area contributed by atoms with Gasteiger partial charge in [-0.15, -0.1) is 12.6 Å². The topological polar surface area (TPSA) is 63.3 Å². The lowest BCUT2D eigenvalue weighted by Gasteiger charge is -1.91. The van der Waals surface area contributed by atoms with Gasteiger partial charge in [-0.1, -0.05) is 0 Å². The first kappa shape index (κ1) is 7.36. The van der Waals surface area contributed by atoms with Crippen LogP contribution in [0, 0.1) is 0 Å². The standard InChI is InChI=1S/C4H7NO2S/c1-2(5)3(8)4(6)7/h8H,5H2,1H3,(H,6,7)/b3-2-. The van der Waals surface area contributed by atoms with Crippen molar-refractivity contribution < 1.29 is 9.90 Å². The van der Waals surface area contributed by atoms with Crippen molar-refractivity contribution >= 4 is 18.6 Å². The summed E-state index contributed by atoms with van der Waals surface area (Å²) in [6.07, 6.45) is 0. The van der Waals surface area contributed by atoms with E-state index in [1.807, 2.05) is 0 Å². The van der Waals surface area contributed by atoms with Crippen molar-refractivity contribution in [2.24, 2.45) is 5.73 Å². The molecule has 0 aliphatic rings. The van der Waals surface area contributed by atoms with Gasteiger partial charge in [0.2, 0.25) is 0 Å². The van der Waals surface area contributed by atoms with Crippen molar-refractivity contribution in [3.05, 3.63) is 10.6 Å². The number of thiol groups is 1. The molecule has 0 radical (unpaired) electrons. The molecule has 0 aromatic heterocycles. The summed E-state index contributed by atoms with van der Waals surface area (Å²) < 4.78 is 0. The van der Waals surface area contributed by atoms with E-state index in [2.05, 4.69) is 12.6 Å². The normalized spacial score (nSPS) is 12.8. The monoisotopic (exact) mass is 133 g/mol. The molecule has 0 amide bonds. The largest absolute Gasteiger partial charge is 0.477 e. The second kappa shape index (κ2) is 2.61. The van der Waals surface area contributed by atoms with E-state index in [0.717, 1.165) is 0 Å². The minimum atomic E-state index is -1.09. The minimum Gasteiger partial charge on any atom is -0.477 e. The lowest BCUT2D eigenvalue weighted by atomic mass is 10.4. The third-order valence-corrected chi connectivity index (χ3v) is 1.12. The van der Waals surface area contributed by atoms with Crippen molar-refractivity contribution in [1.82, 2.24) is 0 Å². The van der Waals surface area contributed by atoms with Crippen molar-refractivity contribution in [3.63, 3.8) is 0 Å². The number of aliphatic carboxylic acids is 1. The lowest BCUT2D eigenvalue weighted by Crippen LogP contribution is -2.02. The Morgan fingerprint density at radius 1 is 1.75 bits per heavy atom. The first-order valence-corrected chi connectivity index (χ1v) is 2.39. The zero-order valence-electron chi connectivity index (χ0n) is 4.38. The number of rotatable bonds is 1. The van der Waals surface area contributed by atoms with Gasteiger partial charge in [0.1, 0.15) is 4.91 Å². The van der Waals surface area contributed by atoms with Crippen LogP contribution in [-0.2, 0) is 4.79 Å². The van der Waals surface area contributed by atoms with Crippen LogP contribution in [0.3, 0.4) is 0 Å². The average Bonchev–Trinajstić information content (AvgIpc) is 1.64. The second-order valence-corrected chi connectivity index (χ2v) is 1.78. The molecule has 8 heavy (non-hydrogen) atoms. The van der Waals surface area contributed by atoms with E-state index >= 15 is 0 Å². The third kappa shape index (κ3) is 1.88. The van der Waals surface area contributed by atoms with Gasteiger partial charge in [-0.05, 0) is 6.92 Å². The van der Waals surface area contributed by atoms with Gasteiger partial charge in [-0.25, -0.2) is 4.79 Å². The second-order valence-electron chi connectivity index (χ2n) is 1.34. The highest BCUT2D eigenvalue weighted by molar-refractivity contribution is 7.85. The Hall–Kier alpha value is -0.640. The molecule has 3 N–H and O–H groups in total. The van der Waals surface area contributed by atoms with E-state index in [1.165, 1.54) is 6.92 Å². The average molecular weight is 133 g/mol. The fourth-order valence-corrected chi connectivity index (χ4v) is 0.169. The molecule has 46 valence electrons. The Balaban J connectivity index is 4.23. The highest BCUT2D eigenvalue weighted by Gasteiger charge is 2.01. The van der Waals surface area contributed by atoms with Gasteiger partial charge in [-0.3, -0.25) is 0 Å². The van der Waals surface area contributed by atoms with Crippen molar-refractivity contribution in [2.45, 2.75) is 6.92 Å². The number of carbonyl (C=O) groups is 1. The number of carboxylic acid groups (broad SMARTS) is 1. The summed E-state index contributed by atoms with van der Waals surface area (Å²) >= 11 is 3.57. The fraction of sp³-hybridized carbons (Fsp3) is 0.250. The van der Waals surface area contributed by atoms with Crippen LogP contribution in [0.1, 0.15) is 6.92 Å². The molecule has 3 nitrogen and oxygen atoms in total. The van der Waals surface area contributed by atoms with E-state index < -0.39 is 5.97 Å². The molecule has 0 aromatic carbocycles. The summed E-state index contributed by atoms with van der Waals surface area (Å²) in [5.41, 5.74) is 5.28. The predicted octanol–water partition coefficient (Wildman–Crippen LogP) is 0.191. The molecule has 0 atom stereocenters. The van der Waals surface area contributed by atoms with Crippen LogP contribution in [0.2, 0.25) is 0 Å². The van der Waals surface area contributed by atoms with Crippen LogP contribution in [0.15, 0.2) is 10.6 Å². The molecule has 0 unspecified atom stereocenters. The van der Waals surface area contributed by atoms with Gasteiger partial charge in [-0.2, -0.15) is 0 Å². The minimum absolute atomic E-state index is 0.0926. The van der Waals surface area contributed by atoms with Gasteiger partial charge >= 0.3 is 5.97 Å². The maximum absolute atomic E-state index is 9.93. The molecule has 0 aromatic rings. The number of hydrogen-bond acceptors (Lipinski definition) is 3. The van der Waals surface area contributed by atoms with Crippen LogP contribution in [0.5, 0.6) is 0 Å². The third-order valence-electron chi connectivity index (χ3n) is 0.576. The summed E-state index contributed by atoms with van der Waals surface area (Å²) in [5.74, 6) is -1.09. The van der Waals surface area contributed by atoms with Crippen LogP contribution in [0.25, 0.3) is 0 Å². The van der Waals surface area contributed by atoms with E-state index in [-0.39, 0.29) is 10.6 Å². The van der Waals surface area contributed by atoms with Gasteiger partial charge in [0.05, 0.1) is 0 Å². The molecule has 0 bridgehead atoms. The number of allylic oxidation sites excluding steroid dienone is 1. The van der Waals surface area contributed by atoms with Gasteiger partial charge in [0, 0.05) is 5.70 Å². The SMILES string of the molecule is C/C(N)=C(/S)C(=O)O. The van der Waals surface area contributed by atoms with Crippen LogP contribution in [0.4, 0.5) is 0 Å². The maximum atomic E-state index is 9.93. The predicted molar refractivity (Wildman–Crippen MR) is 33.5 cm³/mol. The lowest BCUT2D eigenvalue weighted by molar-refractivity contribution is -0.131. The Kier molecular flexibility index (Phi) is 2.41. The van der Waals surface area contributed by atoms with Gasteiger partial charge in [0.25, 0.3) is 0 Å². The van der Waals surface area contributed by atoms with Crippen molar-refractivity contribution in [3.8, 4) is 0 Å². The molecule has 0 rings (SSSR count). The Morgan fingerprint density at radius 2 is 2.12 bits per heavy atom. The maximum Gasteiger partial charge on any atom is 0.343 e. The molecule has 0 saturated heterocycles.